The van der Waals surface area contributed by atoms with Crippen molar-refractivity contribution in [2.45, 2.75) is 6.54 Å². The summed E-state index contributed by atoms with van der Waals surface area (Å²) in [6.07, 6.45) is 0. The van der Waals surface area contributed by atoms with Gasteiger partial charge in [0.1, 0.15) is 5.75 Å². The van der Waals surface area contributed by atoms with Crippen molar-refractivity contribution >= 4 is 16.5 Å². The molecule has 3 rings (SSSR count). The monoisotopic (exact) mass is 249 g/mol. The first-order valence-electron chi connectivity index (χ1n) is 6.33. The molecule has 0 heterocycles. The van der Waals surface area contributed by atoms with Crippen LogP contribution in [0.4, 0.5) is 5.69 Å². The minimum Gasteiger partial charge on any atom is -0.507 e. The molecule has 0 saturated heterocycles. The van der Waals surface area contributed by atoms with Gasteiger partial charge < -0.3 is 10.4 Å². The molecule has 19 heavy (non-hydrogen) atoms. The summed E-state index contributed by atoms with van der Waals surface area (Å²) in [4.78, 5) is 0. The fourth-order valence-electron chi connectivity index (χ4n) is 2.24. The summed E-state index contributed by atoms with van der Waals surface area (Å²) < 4.78 is 0. The van der Waals surface area contributed by atoms with Crippen molar-refractivity contribution in [3.05, 3.63) is 72.3 Å². The number of nitrogens with one attached hydrogen (secondary N) is 1. The minimum absolute atomic E-state index is 0.320. The van der Waals surface area contributed by atoms with Gasteiger partial charge in [0.15, 0.2) is 0 Å². The maximum atomic E-state index is 9.85. The van der Waals surface area contributed by atoms with E-state index in [2.05, 4.69) is 17.4 Å². The summed E-state index contributed by atoms with van der Waals surface area (Å²) in [6.45, 7) is 0.773. The molecule has 3 aromatic rings. The highest BCUT2D eigenvalue weighted by molar-refractivity contribution is 5.97. The van der Waals surface area contributed by atoms with E-state index in [-0.39, 0.29) is 0 Å². The van der Waals surface area contributed by atoms with Gasteiger partial charge in [0.25, 0.3) is 0 Å². The van der Waals surface area contributed by atoms with E-state index in [1.165, 1.54) is 5.56 Å². The van der Waals surface area contributed by atoms with Crippen LogP contribution in [0.15, 0.2) is 66.7 Å². The van der Waals surface area contributed by atoms with E-state index in [4.69, 9.17) is 0 Å². The molecule has 0 aliphatic heterocycles. The van der Waals surface area contributed by atoms with Crippen molar-refractivity contribution in [3.8, 4) is 5.75 Å². The Morgan fingerprint density at radius 3 is 2.32 bits per heavy atom. The van der Waals surface area contributed by atoms with Gasteiger partial charge in [0.05, 0.1) is 0 Å². The largest absolute Gasteiger partial charge is 0.507 e. The molecule has 0 radical (unpaired) electrons. The molecule has 0 saturated carbocycles. The van der Waals surface area contributed by atoms with Crippen LogP contribution in [0.5, 0.6) is 5.75 Å². The van der Waals surface area contributed by atoms with Crippen LogP contribution >= 0.6 is 0 Å². The second kappa shape index (κ2) is 5.02. The number of benzene rings is 3. The first-order chi connectivity index (χ1) is 9.34. The Kier molecular flexibility index (Phi) is 3.07. The van der Waals surface area contributed by atoms with Crippen LogP contribution < -0.4 is 5.32 Å². The summed E-state index contributed by atoms with van der Waals surface area (Å²) in [5, 5.41) is 15.2. The van der Waals surface area contributed by atoms with Gasteiger partial charge in [-0.1, -0.05) is 54.6 Å². The summed E-state index contributed by atoms with van der Waals surface area (Å²) in [7, 11) is 0. The molecule has 0 fully saturated rings. The van der Waals surface area contributed by atoms with E-state index < -0.39 is 0 Å². The van der Waals surface area contributed by atoms with E-state index in [0.717, 1.165) is 23.0 Å². The molecule has 0 aliphatic rings. The van der Waals surface area contributed by atoms with E-state index in [1.807, 2.05) is 48.5 Å². The highest BCUT2D eigenvalue weighted by atomic mass is 16.3. The molecule has 94 valence electrons. The standard InChI is InChI=1S/C17H15NO/c19-17-11-5-8-14-15(17)9-4-10-16(14)18-12-13-6-2-1-3-7-13/h1-11,18-19H,12H2. The molecule has 0 amide bonds. The maximum Gasteiger partial charge on any atom is 0.123 e. The minimum atomic E-state index is 0.320. The van der Waals surface area contributed by atoms with Gasteiger partial charge in [-0.25, -0.2) is 0 Å². The predicted octanol–water partition coefficient (Wildman–Crippen LogP) is 4.16. The lowest BCUT2D eigenvalue weighted by Gasteiger charge is -2.10. The number of anilines is 1. The van der Waals surface area contributed by atoms with Crippen LogP contribution in [-0.2, 0) is 6.54 Å². The average Bonchev–Trinajstić information content (AvgIpc) is 2.47. The molecule has 2 nitrogen and oxygen atoms in total. The lowest BCUT2D eigenvalue weighted by Crippen LogP contribution is -1.99. The maximum absolute atomic E-state index is 9.85. The SMILES string of the molecule is Oc1cccc2c(NCc3ccccc3)cccc12. The molecule has 0 aliphatic carbocycles. The fraction of sp³-hybridized carbons (Fsp3) is 0.0588. The molecule has 0 aromatic heterocycles. The third kappa shape index (κ3) is 2.38. The Hall–Kier alpha value is -2.48. The number of hydrogen-bond donors (Lipinski definition) is 2. The number of hydrogen-bond acceptors (Lipinski definition) is 2. The predicted molar refractivity (Wildman–Crippen MR) is 79.4 cm³/mol. The zero-order valence-electron chi connectivity index (χ0n) is 10.5. The second-order valence-electron chi connectivity index (χ2n) is 4.52. The van der Waals surface area contributed by atoms with E-state index in [0.29, 0.717) is 5.75 Å². The van der Waals surface area contributed by atoms with Crippen LogP contribution in [0.1, 0.15) is 5.56 Å². The molecule has 3 aromatic carbocycles. The first-order valence-corrected chi connectivity index (χ1v) is 6.33. The quantitative estimate of drug-likeness (QED) is 0.730. The summed E-state index contributed by atoms with van der Waals surface area (Å²) in [5.74, 6) is 0.320. The van der Waals surface area contributed by atoms with Gasteiger partial charge in [-0.2, -0.15) is 0 Å². The van der Waals surface area contributed by atoms with Crippen LogP contribution in [0.2, 0.25) is 0 Å². The van der Waals surface area contributed by atoms with Crippen molar-refractivity contribution in [2.75, 3.05) is 5.32 Å². The lowest BCUT2D eigenvalue weighted by molar-refractivity contribution is 0.481. The van der Waals surface area contributed by atoms with Gasteiger partial charge >= 0.3 is 0 Å². The second-order valence-corrected chi connectivity index (χ2v) is 4.52. The zero-order chi connectivity index (χ0) is 13.1. The highest BCUT2D eigenvalue weighted by Crippen LogP contribution is 2.29. The molecule has 0 atom stereocenters. The highest BCUT2D eigenvalue weighted by Gasteiger charge is 2.03. The first kappa shape index (κ1) is 11.6. The normalized spacial score (nSPS) is 10.5. The topological polar surface area (TPSA) is 32.3 Å². The van der Waals surface area contributed by atoms with Gasteiger partial charge in [-0.3, -0.25) is 0 Å². The number of phenolic OH excluding ortho intramolecular Hbond substituents is 1. The van der Waals surface area contributed by atoms with Crippen molar-refractivity contribution in [2.24, 2.45) is 0 Å². The van der Waals surface area contributed by atoms with Crippen molar-refractivity contribution in [1.82, 2.24) is 0 Å². The molecule has 0 unspecified atom stereocenters. The zero-order valence-corrected chi connectivity index (χ0v) is 10.5. The molecule has 2 N–H and O–H groups in total. The summed E-state index contributed by atoms with van der Waals surface area (Å²) in [6, 6.07) is 21.8. The summed E-state index contributed by atoms with van der Waals surface area (Å²) >= 11 is 0. The number of aromatic hydroxyl groups is 1. The Labute approximate surface area is 112 Å². The van der Waals surface area contributed by atoms with Crippen LogP contribution in [-0.4, -0.2) is 5.11 Å². The van der Waals surface area contributed by atoms with Crippen LogP contribution in [0, 0.1) is 0 Å². The lowest BCUT2D eigenvalue weighted by atomic mass is 10.1. The molecule has 0 bridgehead atoms. The Morgan fingerprint density at radius 2 is 1.47 bits per heavy atom. The van der Waals surface area contributed by atoms with Crippen molar-refractivity contribution in [1.29, 1.82) is 0 Å². The molecule has 0 spiro atoms. The van der Waals surface area contributed by atoms with E-state index in [1.54, 1.807) is 6.07 Å². The summed E-state index contributed by atoms with van der Waals surface area (Å²) in [5.41, 5.74) is 2.27. The number of fused-ring (bicyclic) bond motifs is 1. The molecular weight excluding hydrogens is 234 g/mol. The smallest absolute Gasteiger partial charge is 0.123 e. The fourth-order valence-corrected chi connectivity index (χ4v) is 2.24. The third-order valence-corrected chi connectivity index (χ3v) is 3.22. The third-order valence-electron chi connectivity index (χ3n) is 3.22. The molecule has 2 heteroatoms. The number of rotatable bonds is 3. The van der Waals surface area contributed by atoms with Gasteiger partial charge in [-0.15, -0.1) is 0 Å². The van der Waals surface area contributed by atoms with Crippen molar-refractivity contribution in [3.63, 3.8) is 0 Å². The Balaban J connectivity index is 1.91. The van der Waals surface area contributed by atoms with Gasteiger partial charge in [0.2, 0.25) is 0 Å². The average molecular weight is 249 g/mol. The molecular formula is C17H15NO. The van der Waals surface area contributed by atoms with E-state index >= 15 is 0 Å². The van der Waals surface area contributed by atoms with Crippen molar-refractivity contribution < 1.29 is 5.11 Å². The Bertz CT molecular complexity index is 692. The Morgan fingerprint density at radius 1 is 0.737 bits per heavy atom. The van der Waals surface area contributed by atoms with Crippen LogP contribution in [0.25, 0.3) is 10.8 Å². The van der Waals surface area contributed by atoms with Gasteiger partial charge in [0, 0.05) is 23.0 Å². The van der Waals surface area contributed by atoms with Gasteiger partial charge in [-0.05, 0) is 17.7 Å². The number of phenols is 1. The van der Waals surface area contributed by atoms with Crippen LogP contribution in [0.3, 0.4) is 0 Å². The van der Waals surface area contributed by atoms with E-state index in [9.17, 15) is 5.11 Å².